The highest BCUT2D eigenvalue weighted by atomic mass is 79.9. The minimum Gasteiger partial charge on any atom is -0.323 e. The molecular weight excluding hydrogens is 398 g/mol. The molecule has 122 valence electrons. The summed E-state index contributed by atoms with van der Waals surface area (Å²) in [6.07, 6.45) is 0. The fourth-order valence-corrected chi connectivity index (χ4v) is 5.16. The van der Waals surface area contributed by atoms with Crippen LogP contribution in [0.25, 0.3) is 0 Å². The van der Waals surface area contributed by atoms with Crippen molar-refractivity contribution in [3.8, 4) is 6.07 Å². The largest absolute Gasteiger partial charge is 0.323 e. The van der Waals surface area contributed by atoms with Gasteiger partial charge in [0.2, 0.25) is 4.80 Å². The molecule has 1 aromatic carbocycles. The fraction of sp³-hybridized carbons (Fsp3) is 0.333. The summed E-state index contributed by atoms with van der Waals surface area (Å²) in [5.74, 6) is 0.290. The van der Waals surface area contributed by atoms with Gasteiger partial charge in [-0.15, -0.1) is 15.7 Å². The molecule has 0 spiro atoms. The summed E-state index contributed by atoms with van der Waals surface area (Å²) in [5.41, 5.74) is 1.07. The van der Waals surface area contributed by atoms with Crippen LogP contribution in [0.4, 0.5) is 0 Å². The highest BCUT2D eigenvalue weighted by Gasteiger charge is 2.20. The van der Waals surface area contributed by atoms with Crippen LogP contribution in [0.1, 0.15) is 35.9 Å². The van der Waals surface area contributed by atoms with Gasteiger partial charge in [0.1, 0.15) is 11.0 Å². The second-order valence-electron chi connectivity index (χ2n) is 5.37. The SMILES string of the molecule is Cc1c(C(C)C)s/c(=N/S(=O)(=O)c2cc(Br)ccc2C#N)n1C. The van der Waals surface area contributed by atoms with Crippen molar-refractivity contribution in [3.63, 3.8) is 0 Å². The number of benzene rings is 1. The fourth-order valence-electron chi connectivity index (χ4n) is 2.12. The van der Waals surface area contributed by atoms with E-state index in [2.05, 4.69) is 34.2 Å². The lowest BCUT2D eigenvalue weighted by atomic mass is 10.1. The lowest BCUT2D eigenvalue weighted by Crippen LogP contribution is -2.15. The first kappa shape index (κ1) is 17.9. The van der Waals surface area contributed by atoms with Crippen molar-refractivity contribution >= 4 is 37.3 Å². The third kappa shape index (κ3) is 3.57. The molecule has 23 heavy (non-hydrogen) atoms. The van der Waals surface area contributed by atoms with Gasteiger partial charge in [-0.3, -0.25) is 0 Å². The van der Waals surface area contributed by atoms with E-state index in [1.807, 2.05) is 13.0 Å². The van der Waals surface area contributed by atoms with E-state index in [1.165, 1.54) is 23.5 Å². The number of nitriles is 1. The van der Waals surface area contributed by atoms with Gasteiger partial charge in [-0.1, -0.05) is 29.8 Å². The predicted molar refractivity (Wildman–Crippen MR) is 93.7 cm³/mol. The van der Waals surface area contributed by atoms with E-state index in [0.717, 1.165) is 10.6 Å². The Morgan fingerprint density at radius 3 is 2.57 bits per heavy atom. The van der Waals surface area contributed by atoms with E-state index in [4.69, 9.17) is 5.26 Å². The van der Waals surface area contributed by atoms with Crippen LogP contribution in [0.5, 0.6) is 0 Å². The zero-order valence-electron chi connectivity index (χ0n) is 13.2. The Hall–Kier alpha value is -1.43. The van der Waals surface area contributed by atoms with Crippen molar-refractivity contribution in [1.82, 2.24) is 4.57 Å². The smallest absolute Gasteiger partial charge is 0.286 e. The van der Waals surface area contributed by atoms with E-state index in [0.29, 0.717) is 15.2 Å². The second-order valence-corrected chi connectivity index (χ2v) is 8.86. The van der Waals surface area contributed by atoms with Crippen molar-refractivity contribution in [2.24, 2.45) is 11.4 Å². The zero-order valence-corrected chi connectivity index (χ0v) is 16.4. The summed E-state index contributed by atoms with van der Waals surface area (Å²) in [7, 11) is -2.18. The molecule has 1 aromatic heterocycles. The molecule has 0 N–H and O–H groups in total. The van der Waals surface area contributed by atoms with Gasteiger partial charge in [-0.05, 0) is 31.0 Å². The minimum absolute atomic E-state index is 0.0805. The van der Waals surface area contributed by atoms with Gasteiger partial charge >= 0.3 is 0 Å². The van der Waals surface area contributed by atoms with E-state index in [1.54, 1.807) is 17.7 Å². The molecule has 0 unspecified atom stereocenters. The van der Waals surface area contributed by atoms with Crippen LogP contribution in [0.3, 0.4) is 0 Å². The number of nitrogens with zero attached hydrogens (tertiary/aromatic N) is 3. The molecule has 0 aliphatic heterocycles. The molecule has 5 nitrogen and oxygen atoms in total. The van der Waals surface area contributed by atoms with Gasteiger partial charge < -0.3 is 4.57 Å². The maximum absolute atomic E-state index is 12.6. The van der Waals surface area contributed by atoms with Crippen LogP contribution in [0.2, 0.25) is 0 Å². The quantitative estimate of drug-likeness (QED) is 0.772. The Morgan fingerprint density at radius 1 is 1.39 bits per heavy atom. The average molecular weight is 414 g/mol. The molecule has 8 heteroatoms. The molecule has 1 heterocycles. The Balaban J connectivity index is 2.71. The summed E-state index contributed by atoms with van der Waals surface area (Å²) >= 11 is 4.59. The first-order valence-electron chi connectivity index (χ1n) is 6.84. The molecular formula is C15H16BrN3O2S2. The van der Waals surface area contributed by atoms with Gasteiger partial charge in [0.15, 0.2) is 0 Å². The van der Waals surface area contributed by atoms with Crippen molar-refractivity contribution in [3.05, 3.63) is 43.6 Å². The topological polar surface area (TPSA) is 75.2 Å². The molecule has 2 rings (SSSR count). The summed E-state index contributed by atoms with van der Waals surface area (Å²) in [4.78, 5) is 1.40. The number of rotatable bonds is 3. The van der Waals surface area contributed by atoms with Gasteiger partial charge in [-0.2, -0.15) is 13.7 Å². The van der Waals surface area contributed by atoms with Crippen molar-refractivity contribution in [2.45, 2.75) is 31.6 Å². The Morgan fingerprint density at radius 2 is 2.04 bits per heavy atom. The van der Waals surface area contributed by atoms with Crippen molar-refractivity contribution in [2.75, 3.05) is 0 Å². The molecule has 0 atom stereocenters. The summed E-state index contributed by atoms with van der Waals surface area (Å²) in [5, 5.41) is 9.14. The van der Waals surface area contributed by atoms with E-state index < -0.39 is 10.0 Å². The molecule has 0 aliphatic carbocycles. The van der Waals surface area contributed by atoms with Crippen molar-refractivity contribution < 1.29 is 8.42 Å². The Labute approximate surface area is 148 Å². The monoisotopic (exact) mass is 413 g/mol. The summed E-state index contributed by atoms with van der Waals surface area (Å²) < 4.78 is 31.6. The number of halogens is 1. The Bertz CT molecular complexity index is 964. The van der Waals surface area contributed by atoms with Crippen LogP contribution < -0.4 is 4.80 Å². The first-order valence-corrected chi connectivity index (χ1v) is 9.89. The van der Waals surface area contributed by atoms with Crippen molar-refractivity contribution in [1.29, 1.82) is 5.26 Å². The predicted octanol–water partition coefficient (Wildman–Crippen LogP) is 3.44. The molecule has 0 saturated carbocycles. The molecule has 0 aliphatic rings. The van der Waals surface area contributed by atoms with E-state index >= 15 is 0 Å². The maximum atomic E-state index is 12.6. The number of hydrogen-bond donors (Lipinski definition) is 0. The lowest BCUT2D eigenvalue weighted by Gasteiger charge is -2.03. The zero-order chi connectivity index (χ0) is 17.4. The number of hydrogen-bond acceptors (Lipinski definition) is 4. The van der Waals surface area contributed by atoms with Gasteiger partial charge in [0.05, 0.1) is 5.56 Å². The van der Waals surface area contributed by atoms with Crippen LogP contribution in [-0.2, 0) is 17.1 Å². The molecule has 0 fully saturated rings. The summed E-state index contributed by atoms with van der Waals surface area (Å²) in [6, 6.07) is 6.40. The lowest BCUT2D eigenvalue weighted by molar-refractivity contribution is 0.595. The minimum atomic E-state index is -3.97. The van der Waals surface area contributed by atoms with Crippen LogP contribution >= 0.6 is 27.3 Å². The summed E-state index contributed by atoms with van der Waals surface area (Å²) in [6.45, 7) is 6.05. The molecule has 2 aromatic rings. The number of thiazole rings is 1. The first-order chi connectivity index (χ1) is 10.7. The molecule has 0 saturated heterocycles. The van der Waals surface area contributed by atoms with Crippen LogP contribution in [0.15, 0.2) is 32.0 Å². The number of aromatic nitrogens is 1. The second kappa shape index (κ2) is 6.59. The van der Waals surface area contributed by atoms with Gasteiger partial charge in [0, 0.05) is 22.1 Å². The standard InChI is InChI=1S/C15H16BrN3O2S2/c1-9(2)14-10(3)19(4)15(22-14)18-23(20,21)13-7-12(16)6-5-11(13)8-17/h5-7,9H,1-4H3/b18-15+. The van der Waals surface area contributed by atoms with E-state index in [-0.39, 0.29) is 10.5 Å². The van der Waals surface area contributed by atoms with Crippen LogP contribution in [0, 0.1) is 18.3 Å². The highest BCUT2D eigenvalue weighted by molar-refractivity contribution is 9.10. The highest BCUT2D eigenvalue weighted by Crippen LogP contribution is 2.24. The van der Waals surface area contributed by atoms with Gasteiger partial charge in [0.25, 0.3) is 10.0 Å². The molecule has 0 radical (unpaired) electrons. The third-order valence-electron chi connectivity index (χ3n) is 3.41. The third-order valence-corrected chi connectivity index (χ3v) is 6.86. The normalized spacial score (nSPS) is 12.7. The maximum Gasteiger partial charge on any atom is 0.286 e. The average Bonchev–Trinajstić information content (AvgIpc) is 2.75. The van der Waals surface area contributed by atoms with Gasteiger partial charge in [-0.25, -0.2) is 0 Å². The number of sulfonamides is 1. The Kier molecular flexibility index (Phi) is 5.14. The molecule has 0 bridgehead atoms. The van der Waals surface area contributed by atoms with E-state index in [9.17, 15) is 8.42 Å². The molecule has 0 amide bonds. The van der Waals surface area contributed by atoms with Crippen LogP contribution in [-0.4, -0.2) is 13.0 Å².